The van der Waals surface area contributed by atoms with Gasteiger partial charge in [-0.15, -0.1) is 0 Å². The van der Waals surface area contributed by atoms with E-state index in [-0.39, 0.29) is 0 Å². The third-order valence-corrected chi connectivity index (χ3v) is 3.61. The van der Waals surface area contributed by atoms with Crippen LogP contribution in [0.15, 0.2) is 4.99 Å². The summed E-state index contributed by atoms with van der Waals surface area (Å²) in [6.45, 7) is 3.83. The normalized spacial score (nSPS) is 17.2. The Bertz CT molecular complexity index is 252. The third-order valence-electron chi connectivity index (χ3n) is 3.61. The molecule has 1 aliphatic rings. The van der Waals surface area contributed by atoms with Gasteiger partial charge in [-0.25, -0.2) is 0 Å². The van der Waals surface area contributed by atoms with Crippen LogP contribution >= 0.6 is 0 Å². The van der Waals surface area contributed by atoms with Crippen LogP contribution in [0, 0.1) is 0 Å². The molecule has 1 aliphatic carbocycles. The van der Waals surface area contributed by atoms with Gasteiger partial charge in [-0.1, -0.05) is 12.8 Å². The lowest BCUT2D eigenvalue weighted by molar-refractivity contribution is 0.161. The lowest BCUT2D eigenvalue weighted by Gasteiger charge is -2.18. The summed E-state index contributed by atoms with van der Waals surface area (Å²) < 4.78 is 5.06. The Morgan fingerprint density at radius 2 is 2.05 bits per heavy atom. The van der Waals surface area contributed by atoms with Gasteiger partial charge in [0.25, 0.3) is 0 Å². The van der Waals surface area contributed by atoms with E-state index < -0.39 is 0 Å². The second-order valence-electron chi connectivity index (χ2n) is 5.27. The predicted molar refractivity (Wildman–Crippen MR) is 80.7 cm³/mol. The summed E-state index contributed by atoms with van der Waals surface area (Å²) >= 11 is 0. The van der Waals surface area contributed by atoms with Crippen LogP contribution in [-0.2, 0) is 4.74 Å². The van der Waals surface area contributed by atoms with E-state index in [0.29, 0.717) is 6.04 Å². The van der Waals surface area contributed by atoms with Gasteiger partial charge >= 0.3 is 0 Å². The average molecular weight is 270 g/mol. The topological polar surface area (TPSA) is 48.9 Å². The number of methoxy groups -OCH3 is 1. The van der Waals surface area contributed by atoms with Crippen molar-refractivity contribution in [1.29, 1.82) is 0 Å². The molecule has 0 aromatic carbocycles. The zero-order valence-electron chi connectivity index (χ0n) is 12.7. The summed E-state index contributed by atoms with van der Waals surface area (Å²) in [4.78, 5) is 6.57. The standard InChI is InChI=1S/C14H30N4O/c1-15-14(17-13-7-4-5-8-13)16-9-6-10-18(2)11-12-19-3/h13H,4-12H2,1-3H3,(H2,15,16,17). The SMILES string of the molecule is CN=C(NCCCN(C)CCOC)NC1CCCC1. The molecule has 5 heteroatoms. The van der Waals surface area contributed by atoms with Crippen LogP contribution in [0.25, 0.3) is 0 Å². The van der Waals surface area contributed by atoms with E-state index in [4.69, 9.17) is 4.74 Å². The fourth-order valence-corrected chi connectivity index (χ4v) is 2.37. The van der Waals surface area contributed by atoms with Crippen molar-refractivity contribution in [2.75, 3.05) is 47.4 Å². The van der Waals surface area contributed by atoms with Crippen molar-refractivity contribution in [2.24, 2.45) is 4.99 Å². The first-order chi connectivity index (χ1) is 9.26. The summed E-state index contributed by atoms with van der Waals surface area (Å²) in [5, 5.41) is 6.88. The minimum atomic E-state index is 0.621. The first-order valence-electron chi connectivity index (χ1n) is 7.41. The number of rotatable bonds is 8. The molecule has 19 heavy (non-hydrogen) atoms. The maximum Gasteiger partial charge on any atom is 0.191 e. The lowest BCUT2D eigenvalue weighted by atomic mass is 10.2. The van der Waals surface area contributed by atoms with E-state index in [1.165, 1.54) is 25.7 Å². The zero-order valence-corrected chi connectivity index (χ0v) is 12.7. The molecule has 112 valence electrons. The molecule has 0 bridgehead atoms. The fourth-order valence-electron chi connectivity index (χ4n) is 2.37. The molecule has 5 nitrogen and oxygen atoms in total. The van der Waals surface area contributed by atoms with Crippen molar-refractivity contribution < 1.29 is 4.74 Å². The maximum atomic E-state index is 5.06. The number of aliphatic imine (C=N–C) groups is 1. The number of hydrogen-bond acceptors (Lipinski definition) is 3. The van der Waals surface area contributed by atoms with Crippen molar-refractivity contribution >= 4 is 5.96 Å². The van der Waals surface area contributed by atoms with Gasteiger partial charge in [0.15, 0.2) is 5.96 Å². The Kier molecular flexibility index (Phi) is 8.58. The highest BCUT2D eigenvalue weighted by Gasteiger charge is 2.15. The number of nitrogens with zero attached hydrogens (tertiary/aromatic N) is 2. The van der Waals surface area contributed by atoms with Crippen LogP contribution in [0.3, 0.4) is 0 Å². The molecule has 0 atom stereocenters. The molecule has 1 rings (SSSR count). The van der Waals surface area contributed by atoms with Gasteiger partial charge in [0.2, 0.25) is 0 Å². The quantitative estimate of drug-likeness (QED) is 0.393. The molecule has 0 aromatic heterocycles. The average Bonchev–Trinajstić information content (AvgIpc) is 2.92. The highest BCUT2D eigenvalue weighted by Crippen LogP contribution is 2.17. The predicted octanol–water partition coefficient (Wildman–Crippen LogP) is 1.06. The first-order valence-corrected chi connectivity index (χ1v) is 7.41. The molecule has 0 radical (unpaired) electrons. The van der Waals surface area contributed by atoms with E-state index in [1.54, 1.807) is 7.11 Å². The van der Waals surface area contributed by atoms with Gasteiger partial charge in [0, 0.05) is 33.3 Å². The number of likely N-dealkylation sites (N-methyl/N-ethyl adjacent to an activating group) is 1. The Balaban J connectivity index is 2.05. The molecule has 0 unspecified atom stereocenters. The fraction of sp³-hybridized carbons (Fsp3) is 0.929. The Labute approximate surface area is 117 Å². The second kappa shape index (κ2) is 10.0. The molecular formula is C14H30N4O. The molecule has 1 fully saturated rings. The van der Waals surface area contributed by atoms with E-state index in [2.05, 4.69) is 27.6 Å². The van der Waals surface area contributed by atoms with Crippen molar-refractivity contribution in [2.45, 2.75) is 38.1 Å². The van der Waals surface area contributed by atoms with E-state index >= 15 is 0 Å². The molecule has 0 spiro atoms. The van der Waals surface area contributed by atoms with Crippen molar-refractivity contribution in [3.63, 3.8) is 0 Å². The Hall–Kier alpha value is -0.810. The van der Waals surface area contributed by atoms with E-state index in [9.17, 15) is 0 Å². The monoisotopic (exact) mass is 270 g/mol. The molecule has 0 amide bonds. The van der Waals surface area contributed by atoms with E-state index in [1.807, 2.05) is 7.05 Å². The van der Waals surface area contributed by atoms with Crippen LogP contribution in [0.1, 0.15) is 32.1 Å². The largest absolute Gasteiger partial charge is 0.383 e. The smallest absolute Gasteiger partial charge is 0.191 e. The van der Waals surface area contributed by atoms with Crippen LogP contribution < -0.4 is 10.6 Å². The molecule has 0 heterocycles. The third kappa shape index (κ3) is 7.38. The highest BCUT2D eigenvalue weighted by molar-refractivity contribution is 5.79. The van der Waals surface area contributed by atoms with Gasteiger partial charge < -0.3 is 20.3 Å². The summed E-state index contributed by atoms with van der Waals surface area (Å²) in [6.07, 6.45) is 6.37. The van der Waals surface area contributed by atoms with Crippen molar-refractivity contribution in [1.82, 2.24) is 15.5 Å². The van der Waals surface area contributed by atoms with Crippen LogP contribution in [0.4, 0.5) is 0 Å². The zero-order chi connectivity index (χ0) is 13.9. The van der Waals surface area contributed by atoms with Crippen LogP contribution in [0.5, 0.6) is 0 Å². The molecule has 0 aromatic rings. The first kappa shape index (κ1) is 16.2. The molecule has 2 N–H and O–H groups in total. The highest BCUT2D eigenvalue weighted by atomic mass is 16.5. The van der Waals surface area contributed by atoms with Gasteiger partial charge in [0.1, 0.15) is 0 Å². The molecule has 0 saturated heterocycles. The number of nitrogens with one attached hydrogen (secondary N) is 2. The van der Waals surface area contributed by atoms with Gasteiger partial charge in [0.05, 0.1) is 6.61 Å². The summed E-state index contributed by atoms with van der Waals surface area (Å²) in [6, 6.07) is 0.621. The summed E-state index contributed by atoms with van der Waals surface area (Å²) in [5.41, 5.74) is 0. The molecule has 0 aliphatic heterocycles. The molecule has 1 saturated carbocycles. The van der Waals surface area contributed by atoms with Crippen molar-refractivity contribution in [3.05, 3.63) is 0 Å². The second-order valence-corrected chi connectivity index (χ2v) is 5.27. The number of ether oxygens (including phenoxy) is 1. The Morgan fingerprint density at radius 3 is 2.68 bits per heavy atom. The van der Waals surface area contributed by atoms with Gasteiger partial charge in [-0.05, 0) is 32.9 Å². The van der Waals surface area contributed by atoms with Gasteiger partial charge in [-0.2, -0.15) is 0 Å². The molecular weight excluding hydrogens is 240 g/mol. The number of hydrogen-bond donors (Lipinski definition) is 2. The number of guanidine groups is 1. The minimum Gasteiger partial charge on any atom is -0.383 e. The van der Waals surface area contributed by atoms with Crippen molar-refractivity contribution in [3.8, 4) is 0 Å². The van der Waals surface area contributed by atoms with E-state index in [0.717, 1.165) is 38.6 Å². The lowest BCUT2D eigenvalue weighted by Crippen LogP contribution is -2.43. The Morgan fingerprint density at radius 1 is 1.32 bits per heavy atom. The van der Waals surface area contributed by atoms with Crippen LogP contribution in [0.2, 0.25) is 0 Å². The van der Waals surface area contributed by atoms with Gasteiger partial charge in [-0.3, -0.25) is 4.99 Å². The maximum absolute atomic E-state index is 5.06. The van der Waals surface area contributed by atoms with Crippen LogP contribution in [-0.4, -0.2) is 64.3 Å². The summed E-state index contributed by atoms with van der Waals surface area (Å²) in [7, 11) is 5.72. The summed E-state index contributed by atoms with van der Waals surface area (Å²) in [5.74, 6) is 0.950. The minimum absolute atomic E-state index is 0.621.